The predicted molar refractivity (Wildman–Crippen MR) is 135 cm³/mol. The number of nitrogens with one attached hydrogen (secondary N) is 1. The van der Waals surface area contributed by atoms with Crippen LogP contribution in [0.1, 0.15) is 17.0 Å². The van der Waals surface area contributed by atoms with Gasteiger partial charge in [-0.2, -0.15) is 5.10 Å². The van der Waals surface area contributed by atoms with Crippen molar-refractivity contribution in [1.29, 1.82) is 0 Å². The SMILES string of the molecule is Cc1cc(/C=N\NC(=O)CN(c2cccc(Br)c2)S(C)(=O)=O)c(C)n1-c1cccc(Br)c1. The summed E-state index contributed by atoms with van der Waals surface area (Å²) in [6.07, 6.45) is 2.61. The van der Waals surface area contributed by atoms with E-state index in [0.29, 0.717) is 10.2 Å². The van der Waals surface area contributed by atoms with Crippen molar-refractivity contribution in [2.24, 2.45) is 5.10 Å². The standard InChI is InChI=1S/C22H22Br2N4O3S/c1-15-10-17(16(2)28(15)21-9-5-7-19(24)12-21)13-25-26-22(29)14-27(32(3,30)31)20-8-4-6-18(23)11-20/h4-13H,14H2,1-3H3,(H,26,29)/b25-13-. The number of nitrogens with zero attached hydrogens (tertiary/aromatic N) is 3. The quantitative estimate of drug-likeness (QED) is 0.328. The minimum atomic E-state index is -3.66. The molecule has 0 aliphatic rings. The molecule has 0 spiro atoms. The number of benzene rings is 2. The third-order valence-corrected chi connectivity index (χ3v) is 6.84. The second kappa shape index (κ2) is 10.0. The number of halogens is 2. The third kappa shape index (κ3) is 5.87. The monoisotopic (exact) mass is 580 g/mol. The average molecular weight is 582 g/mol. The van der Waals surface area contributed by atoms with Crippen LogP contribution in [0, 0.1) is 13.8 Å². The highest BCUT2D eigenvalue weighted by atomic mass is 79.9. The van der Waals surface area contributed by atoms with Gasteiger partial charge in [-0.25, -0.2) is 13.8 Å². The molecule has 0 saturated heterocycles. The molecule has 7 nitrogen and oxygen atoms in total. The maximum absolute atomic E-state index is 12.4. The van der Waals surface area contributed by atoms with Gasteiger partial charge in [0.2, 0.25) is 10.0 Å². The molecular weight excluding hydrogens is 560 g/mol. The lowest BCUT2D eigenvalue weighted by molar-refractivity contribution is -0.119. The fraction of sp³-hybridized carbons (Fsp3) is 0.182. The first kappa shape index (κ1) is 24.2. The number of sulfonamides is 1. The Morgan fingerprint density at radius 1 is 1.09 bits per heavy atom. The molecule has 0 aliphatic carbocycles. The molecule has 0 atom stereocenters. The second-order valence-corrected chi connectivity index (χ2v) is 10.9. The zero-order valence-corrected chi connectivity index (χ0v) is 21.7. The highest BCUT2D eigenvalue weighted by molar-refractivity contribution is 9.10. The number of anilines is 1. The lowest BCUT2D eigenvalue weighted by atomic mass is 10.2. The third-order valence-electron chi connectivity index (χ3n) is 4.71. The Bertz CT molecular complexity index is 1290. The van der Waals surface area contributed by atoms with Crippen LogP contribution in [0.5, 0.6) is 0 Å². The summed E-state index contributed by atoms with van der Waals surface area (Å²) in [4.78, 5) is 12.4. The van der Waals surface area contributed by atoms with Crippen LogP contribution in [0.15, 0.2) is 68.6 Å². The average Bonchev–Trinajstić information content (AvgIpc) is 2.98. The number of rotatable bonds is 7. The molecule has 3 aromatic rings. The number of aryl methyl sites for hydroxylation is 1. The lowest BCUT2D eigenvalue weighted by Gasteiger charge is -2.21. The van der Waals surface area contributed by atoms with Crippen LogP contribution in [-0.2, 0) is 14.8 Å². The summed E-state index contributed by atoms with van der Waals surface area (Å²) in [5, 5.41) is 4.04. The summed E-state index contributed by atoms with van der Waals surface area (Å²) in [5.41, 5.74) is 6.64. The van der Waals surface area contributed by atoms with Crippen molar-refractivity contribution in [3.8, 4) is 5.69 Å². The van der Waals surface area contributed by atoms with Crippen molar-refractivity contribution in [2.45, 2.75) is 13.8 Å². The van der Waals surface area contributed by atoms with Crippen LogP contribution >= 0.6 is 31.9 Å². The molecule has 1 heterocycles. The molecule has 168 valence electrons. The fourth-order valence-corrected chi connectivity index (χ4v) is 4.92. The van der Waals surface area contributed by atoms with Crippen molar-refractivity contribution in [1.82, 2.24) is 9.99 Å². The number of hydrogen-bond acceptors (Lipinski definition) is 4. The minimum absolute atomic E-state index is 0.385. The molecule has 1 amide bonds. The zero-order chi connectivity index (χ0) is 23.5. The molecule has 0 radical (unpaired) electrons. The van der Waals surface area contributed by atoms with E-state index in [1.54, 1.807) is 30.5 Å². The normalized spacial score (nSPS) is 11.7. The Kier molecular flexibility index (Phi) is 7.58. The molecule has 0 bridgehead atoms. The van der Waals surface area contributed by atoms with Gasteiger partial charge in [0.1, 0.15) is 6.54 Å². The van der Waals surface area contributed by atoms with Crippen molar-refractivity contribution in [3.05, 3.63) is 80.5 Å². The molecule has 1 N–H and O–H groups in total. The van der Waals surface area contributed by atoms with Gasteiger partial charge in [-0.05, 0) is 56.3 Å². The van der Waals surface area contributed by atoms with Crippen molar-refractivity contribution in [2.75, 3.05) is 17.1 Å². The van der Waals surface area contributed by atoms with E-state index < -0.39 is 15.9 Å². The Labute approximate surface area is 204 Å². The highest BCUT2D eigenvalue weighted by Crippen LogP contribution is 2.23. The number of amides is 1. The van der Waals surface area contributed by atoms with E-state index in [1.807, 2.05) is 44.2 Å². The van der Waals surface area contributed by atoms with Gasteiger partial charge in [-0.15, -0.1) is 0 Å². The number of hydrogen-bond donors (Lipinski definition) is 1. The molecular formula is C22H22Br2N4O3S. The van der Waals surface area contributed by atoms with E-state index in [-0.39, 0.29) is 6.54 Å². The van der Waals surface area contributed by atoms with E-state index in [1.165, 1.54) is 0 Å². The summed E-state index contributed by atoms with van der Waals surface area (Å²) >= 11 is 6.81. The highest BCUT2D eigenvalue weighted by Gasteiger charge is 2.21. The molecule has 10 heteroatoms. The molecule has 0 unspecified atom stereocenters. The lowest BCUT2D eigenvalue weighted by Crippen LogP contribution is -2.39. The van der Waals surface area contributed by atoms with E-state index in [0.717, 1.165) is 37.7 Å². The summed E-state index contributed by atoms with van der Waals surface area (Å²) < 4.78 is 29.2. The number of aromatic nitrogens is 1. The predicted octanol–water partition coefficient (Wildman–Crippen LogP) is 4.54. The van der Waals surface area contributed by atoms with Gasteiger partial charge in [-0.1, -0.05) is 44.0 Å². The topological polar surface area (TPSA) is 83.8 Å². The van der Waals surface area contributed by atoms with Gasteiger partial charge in [0.15, 0.2) is 0 Å². The zero-order valence-electron chi connectivity index (χ0n) is 17.7. The van der Waals surface area contributed by atoms with Gasteiger partial charge in [-0.3, -0.25) is 9.10 Å². The summed E-state index contributed by atoms with van der Waals surface area (Å²) in [5.74, 6) is -0.549. The molecule has 0 fully saturated rings. The maximum Gasteiger partial charge on any atom is 0.260 e. The van der Waals surface area contributed by atoms with E-state index in [9.17, 15) is 13.2 Å². The summed E-state index contributed by atoms with van der Waals surface area (Å²) in [6.45, 7) is 3.57. The van der Waals surface area contributed by atoms with Crippen LogP contribution in [0.4, 0.5) is 5.69 Å². The van der Waals surface area contributed by atoms with E-state index >= 15 is 0 Å². The van der Waals surface area contributed by atoms with Gasteiger partial charge in [0, 0.05) is 31.6 Å². The maximum atomic E-state index is 12.4. The van der Waals surface area contributed by atoms with Crippen molar-refractivity contribution in [3.63, 3.8) is 0 Å². The van der Waals surface area contributed by atoms with Crippen molar-refractivity contribution < 1.29 is 13.2 Å². The number of hydrazone groups is 1. The summed E-state index contributed by atoms with van der Waals surface area (Å²) in [7, 11) is -3.66. The first-order chi connectivity index (χ1) is 15.1. The second-order valence-electron chi connectivity index (χ2n) is 7.18. The Hall–Kier alpha value is -2.43. The van der Waals surface area contributed by atoms with Gasteiger partial charge in [0.05, 0.1) is 18.2 Å². The summed E-state index contributed by atoms with van der Waals surface area (Å²) in [6, 6.07) is 16.7. The number of carbonyl (C=O) groups is 1. The molecule has 0 aliphatic heterocycles. The minimum Gasteiger partial charge on any atom is -0.318 e. The van der Waals surface area contributed by atoms with Gasteiger partial charge >= 0.3 is 0 Å². The first-order valence-corrected chi connectivity index (χ1v) is 13.0. The van der Waals surface area contributed by atoms with Crippen LogP contribution < -0.4 is 9.73 Å². The van der Waals surface area contributed by atoms with E-state index in [4.69, 9.17) is 0 Å². The van der Waals surface area contributed by atoms with Crippen molar-refractivity contribution >= 4 is 59.7 Å². The molecule has 2 aromatic carbocycles. The van der Waals surface area contributed by atoms with E-state index in [2.05, 4.69) is 47.0 Å². The van der Waals surface area contributed by atoms with Gasteiger partial charge in [0.25, 0.3) is 5.91 Å². The first-order valence-electron chi connectivity index (χ1n) is 9.56. The Morgan fingerprint density at radius 2 is 1.75 bits per heavy atom. The fourth-order valence-electron chi connectivity index (χ4n) is 3.30. The largest absolute Gasteiger partial charge is 0.318 e. The number of carbonyl (C=O) groups excluding carboxylic acids is 1. The molecule has 32 heavy (non-hydrogen) atoms. The van der Waals surface area contributed by atoms with Crippen LogP contribution in [0.3, 0.4) is 0 Å². The Morgan fingerprint density at radius 3 is 2.38 bits per heavy atom. The van der Waals surface area contributed by atoms with Crippen LogP contribution in [-0.4, -0.2) is 37.9 Å². The Balaban J connectivity index is 1.74. The van der Waals surface area contributed by atoms with Crippen LogP contribution in [0.2, 0.25) is 0 Å². The van der Waals surface area contributed by atoms with Gasteiger partial charge < -0.3 is 4.57 Å². The smallest absolute Gasteiger partial charge is 0.260 e. The molecule has 0 saturated carbocycles. The van der Waals surface area contributed by atoms with Crippen LogP contribution in [0.25, 0.3) is 5.69 Å². The molecule has 3 rings (SSSR count). The molecule has 1 aromatic heterocycles.